The lowest BCUT2D eigenvalue weighted by atomic mass is 10.1. The van der Waals surface area contributed by atoms with Crippen LogP contribution in [0.1, 0.15) is 6.92 Å². The Bertz CT molecular complexity index is 178. The molecule has 3 N–H and O–H groups in total. The Labute approximate surface area is 68.5 Å². The van der Waals surface area contributed by atoms with Crippen molar-refractivity contribution in [3.05, 3.63) is 36.1 Å². The van der Waals surface area contributed by atoms with Gasteiger partial charge in [0, 0.05) is 6.54 Å². The number of likely N-dealkylation sites (N-methyl/N-ethyl adjacent to an activating group) is 1. The van der Waals surface area contributed by atoms with Crippen LogP contribution in [0.15, 0.2) is 36.1 Å². The van der Waals surface area contributed by atoms with E-state index in [1.54, 1.807) is 12.3 Å². The van der Waals surface area contributed by atoms with Crippen molar-refractivity contribution in [1.82, 2.24) is 5.32 Å². The average molecular weight is 152 g/mol. The highest BCUT2D eigenvalue weighted by molar-refractivity contribution is 5.32. The minimum atomic E-state index is 0.825. The molecular weight excluding hydrogens is 136 g/mol. The quantitative estimate of drug-likeness (QED) is 0.594. The summed E-state index contributed by atoms with van der Waals surface area (Å²) >= 11 is 0. The number of allylic oxidation sites excluding steroid dienone is 2. The first-order chi connectivity index (χ1) is 5.26. The van der Waals surface area contributed by atoms with Crippen molar-refractivity contribution >= 4 is 0 Å². The molecule has 0 spiro atoms. The molecule has 0 amide bonds. The van der Waals surface area contributed by atoms with E-state index in [1.165, 1.54) is 5.57 Å². The van der Waals surface area contributed by atoms with Gasteiger partial charge in [-0.15, -0.1) is 0 Å². The number of hydrogen-bond donors (Lipinski definition) is 2. The summed E-state index contributed by atoms with van der Waals surface area (Å²) in [6.07, 6.45) is 5.32. The molecule has 0 aromatic rings. The van der Waals surface area contributed by atoms with Crippen LogP contribution in [-0.4, -0.2) is 13.6 Å². The third-order valence-corrected chi connectivity index (χ3v) is 1.44. The van der Waals surface area contributed by atoms with Crippen LogP contribution in [0.5, 0.6) is 0 Å². The van der Waals surface area contributed by atoms with Gasteiger partial charge in [-0.2, -0.15) is 0 Å². The molecule has 0 aliphatic carbocycles. The molecule has 0 saturated carbocycles. The van der Waals surface area contributed by atoms with Gasteiger partial charge < -0.3 is 11.1 Å². The molecule has 0 saturated heterocycles. The average Bonchev–Trinajstić information content (AvgIpc) is 2.03. The van der Waals surface area contributed by atoms with E-state index in [1.807, 2.05) is 20.0 Å². The molecule has 0 aliphatic rings. The normalized spacial score (nSPS) is 13.3. The smallest absolute Gasteiger partial charge is 0.0205 e. The molecule has 2 nitrogen and oxygen atoms in total. The zero-order valence-electron chi connectivity index (χ0n) is 7.22. The lowest BCUT2D eigenvalue weighted by Gasteiger charge is -2.04. The van der Waals surface area contributed by atoms with Crippen LogP contribution >= 0.6 is 0 Å². The van der Waals surface area contributed by atoms with Gasteiger partial charge >= 0.3 is 0 Å². The first kappa shape index (κ1) is 9.98. The summed E-state index contributed by atoms with van der Waals surface area (Å²) in [7, 11) is 1.90. The molecule has 0 atom stereocenters. The van der Waals surface area contributed by atoms with Crippen LogP contribution < -0.4 is 11.1 Å². The second-order valence-electron chi connectivity index (χ2n) is 2.31. The lowest BCUT2D eigenvalue weighted by Crippen LogP contribution is -2.11. The van der Waals surface area contributed by atoms with Gasteiger partial charge in [-0.25, -0.2) is 0 Å². The minimum Gasteiger partial charge on any atom is -0.404 e. The predicted molar refractivity (Wildman–Crippen MR) is 50.2 cm³/mol. The molecule has 0 aromatic heterocycles. The van der Waals surface area contributed by atoms with Crippen molar-refractivity contribution in [3.8, 4) is 0 Å². The second kappa shape index (κ2) is 5.74. The highest BCUT2D eigenvalue weighted by atomic mass is 14.8. The van der Waals surface area contributed by atoms with Crippen LogP contribution in [0.2, 0.25) is 0 Å². The summed E-state index contributed by atoms with van der Waals surface area (Å²) in [6.45, 7) is 6.43. The van der Waals surface area contributed by atoms with E-state index in [0.29, 0.717) is 0 Å². The maximum Gasteiger partial charge on any atom is 0.0205 e. The Morgan fingerprint density at radius 1 is 1.64 bits per heavy atom. The SMILES string of the molecule is C=C/C=C(CNC)\C(C)=C/N. The van der Waals surface area contributed by atoms with Gasteiger partial charge in [0.05, 0.1) is 0 Å². The maximum absolute atomic E-state index is 5.37. The van der Waals surface area contributed by atoms with Crippen LogP contribution in [0.4, 0.5) is 0 Å². The van der Waals surface area contributed by atoms with E-state index in [0.717, 1.165) is 12.1 Å². The predicted octanol–water partition coefficient (Wildman–Crippen LogP) is 1.18. The van der Waals surface area contributed by atoms with Gasteiger partial charge in [0.2, 0.25) is 0 Å². The Morgan fingerprint density at radius 2 is 2.27 bits per heavy atom. The fourth-order valence-electron chi connectivity index (χ4n) is 0.770. The van der Waals surface area contributed by atoms with E-state index in [-0.39, 0.29) is 0 Å². The molecule has 0 rings (SSSR count). The molecule has 0 unspecified atom stereocenters. The maximum atomic E-state index is 5.37. The van der Waals surface area contributed by atoms with Gasteiger partial charge in [0.1, 0.15) is 0 Å². The molecule has 0 heterocycles. The highest BCUT2D eigenvalue weighted by Crippen LogP contribution is 2.05. The molecule has 0 aliphatic heterocycles. The Hall–Kier alpha value is -1.02. The van der Waals surface area contributed by atoms with E-state index < -0.39 is 0 Å². The summed E-state index contributed by atoms with van der Waals surface area (Å²) < 4.78 is 0. The second-order valence-corrected chi connectivity index (χ2v) is 2.31. The number of nitrogens with two attached hydrogens (primary N) is 1. The van der Waals surface area contributed by atoms with E-state index in [2.05, 4.69) is 11.9 Å². The Morgan fingerprint density at radius 3 is 2.64 bits per heavy atom. The summed E-state index contributed by atoms with van der Waals surface area (Å²) in [4.78, 5) is 0. The molecule has 0 bridgehead atoms. The Balaban J connectivity index is 4.33. The van der Waals surface area contributed by atoms with E-state index in [9.17, 15) is 0 Å². The fraction of sp³-hybridized carbons (Fsp3) is 0.333. The van der Waals surface area contributed by atoms with Gasteiger partial charge in [-0.05, 0) is 31.3 Å². The molecule has 0 radical (unpaired) electrons. The summed E-state index contributed by atoms with van der Waals surface area (Å²) in [5, 5.41) is 3.06. The summed E-state index contributed by atoms with van der Waals surface area (Å²) in [5.74, 6) is 0. The minimum absolute atomic E-state index is 0.825. The van der Waals surface area contributed by atoms with Crippen molar-refractivity contribution in [1.29, 1.82) is 0 Å². The van der Waals surface area contributed by atoms with E-state index >= 15 is 0 Å². The molecule has 2 heteroatoms. The van der Waals surface area contributed by atoms with Crippen molar-refractivity contribution in [2.45, 2.75) is 6.92 Å². The van der Waals surface area contributed by atoms with Crippen LogP contribution in [0.25, 0.3) is 0 Å². The van der Waals surface area contributed by atoms with Crippen LogP contribution in [0.3, 0.4) is 0 Å². The fourth-order valence-corrected chi connectivity index (χ4v) is 0.770. The summed E-state index contributed by atoms with van der Waals surface area (Å²) in [6, 6.07) is 0. The monoisotopic (exact) mass is 152 g/mol. The van der Waals surface area contributed by atoms with Crippen LogP contribution in [0, 0.1) is 0 Å². The molecular formula is C9H16N2. The zero-order valence-corrected chi connectivity index (χ0v) is 7.22. The Kier molecular flexibility index (Phi) is 5.21. The highest BCUT2D eigenvalue weighted by Gasteiger charge is 1.95. The molecule has 11 heavy (non-hydrogen) atoms. The number of nitrogens with one attached hydrogen (secondary N) is 1. The lowest BCUT2D eigenvalue weighted by molar-refractivity contribution is 0.884. The van der Waals surface area contributed by atoms with Crippen molar-refractivity contribution in [2.75, 3.05) is 13.6 Å². The van der Waals surface area contributed by atoms with Crippen molar-refractivity contribution in [3.63, 3.8) is 0 Å². The largest absolute Gasteiger partial charge is 0.404 e. The third-order valence-electron chi connectivity index (χ3n) is 1.44. The van der Waals surface area contributed by atoms with Crippen LogP contribution in [-0.2, 0) is 0 Å². The first-order valence-electron chi connectivity index (χ1n) is 3.61. The standard InChI is InChI=1S/C9H16N2/c1-4-5-9(7-11-3)8(2)6-10/h4-6,11H,1,7,10H2,2-3H3/b8-6-,9-5-. The van der Waals surface area contributed by atoms with Crippen molar-refractivity contribution < 1.29 is 0 Å². The molecule has 0 aromatic carbocycles. The van der Waals surface area contributed by atoms with Crippen molar-refractivity contribution in [2.24, 2.45) is 5.73 Å². The van der Waals surface area contributed by atoms with Gasteiger partial charge in [0.15, 0.2) is 0 Å². The number of hydrogen-bond acceptors (Lipinski definition) is 2. The van der Waals surface area contributed by atoms with Gasteiger partial charge in [-0.1, -0.05) is 18.7 Å². The molecule has 0 fully saturated rings. The number of rotatable bonds is 4. The third kappa shape index (κ3) is 3.63. The zero-order chi connectivity index (χ0) is 8.69. The van der Waals surface area contributed by atoms with Gasteiger partial charge in [0.25, 0.3) is 0 Å². The molecule has 62 valence electrons. The van der Waals surface area contributed by atoms with Gasteiger partial charge in [-0.3, -0.25) is 0 Å². The topological polar surface area (TPSA) is 38.0 Å². The summed E-state index contributed by atoms with van der Waals surface area (Å²) in [5.41, 5.74) is 7.62. The first-order valence-corrected chi connectivity index (χ1v) is 3.61. The van der Waals surface area contributed by atoms with E-state index in [4.69, 9.17) is 5.73 Å².